The lowest BCUT2D eigenvalue weighted by Crippen LogP contribution is -2.45. The summed E-state index contributed by atoms with van der Waals surface area (Å²) in [5.41, 5.74) is 6.92. The number of carbonyl (C=O) groups is 1. The van der Waals surface area contributed by atoms with E-state index in [9.17, 15) is 4.79 Å². The number of halogens is 1. The van der Waals surface area contributed by atoms with Crippen LogP contribution in [0.25, 0.3) is 0 Å². The summed E-state index contributed by atoms with van der Waals surface area (Å²) in [6, 6.07) is 9.32. The summed E-state index contributed by atoms with van der Waals surface area (Å²) in [6.45, 7) is 2.70. The average molecular weight is 479 g/mol. The third-order valence-corrected chi connectivity index (χ3v) is 6.21. The summed E-state index contributed by atoms with van der Waals surface area (Å²) in [5, 5.41) is 3.25. The van der Waals surface area contributed by atoms with Crippen molar-refractivity contribution in [3.8, 4) is 28.7 Å². The van der Waals surface area contributed by atoms with Crippen LogP contribution in [-0.2, 0) is 6.42 Å². The molecule has 0 spiro atoms. The lowest BCUT2D eigenvalue weighted by atomic mass is 9.93. The van der Waals surface area contributed by atoms with Crippen molar-refractivity contribution in [2.75, 3.05) is 27.9 Å². The van der Waals surface area contributed by atoms with Gasteiger partial charge in [-0.1, -0.05) is 31.9 Å². The number of methoxy groups -OCH3 is 3. The number of ether oxygens (including phenoxy) is 4. The molecule has 2 aromatic carbocycles. The number of carbonyl (C=O) groups excluding carboxylic acids is 1. The lowest BCUT2D eigenvalue weighted by molar-refractivity contribution is 0.0892. The Morgan fingerprint density at radius 1 is 1.00 bits per heavy atom. The molecule has 3 rings (SSSR count). The van der Waals surface area contributed by atoms with Crippen LogP contribution in [-0.4, -0.2) is 39.3 Å². The first-order valence-electron chi connectivity index (χ1n) is 11.1. The number of amides is 1. The number of nitrogens with two attached hydrogens (primary N) is 1. The molecule has 0 unspecified atom stereocenters. The van der Waals surface area contributed by atoms with Gasteiger partial charge in [0.15, 0.2) is 11.5 Å². The number of rotatable bonds is 10. The van der Waals surface area contributed by atoms with Crippen LogP contribution in [0.15, 0.2) is 30.3 Å². The van der Waals surface area contributed by atoms with Gasteiger partial charge in [-0.3, -0.25) is 4.79 Å². The maximum Gasteiger partial charge on any atom is 0.255 e. The molecule has 0 radical (unpaired) electrons. The van der Waals surface area contributed by atoms with Crippen LogP contribution >= 0.6 is 12.4 Å². The monoisotopic (exact) mass is 478 g/mol. The van der Waals surface area contributed by atoms with Crippen molar-refractivity contribution in [3.05, 3.63) is 41.5 Å². The van der Waals surface area contributed by atoms with Gasteiger partial charge in [-0.25, -0.2) is 0 Å². The van der Waals surface area contributed by atoms with Crippen molar-refractivity contribution < 1.29 is 23.7 Å². The molecule has 1 saturated carbocycles. The third-order valence-electron chi connectivity index (χ3n) is 6.21. The SMILES string of the molecule is CCC1(NC(=O)c2cc(Oc3ccc(CCN)cc3)c(OC)c(OC)c2OC)CCCC1.Cl. The van der Waals surface area contributed by atoms with Gasteiger partial charge in [0.1, 0.15) is 5.75 Å². The van der Waals surface area contributed by atoms with E-state index in [2.05, 4.69) is 12.2 Å². The van der Waals surface area contributed by atoms with Crippen LogP contribution in [0.1, 0.15) is 54.9 Å². The molecule has 1 fully saturated rings. The second-order valence-corrected chi connectivity index (χ2v) is 8.10. The normalized spacial score (nSPS) is 14.2. The van der Waals surface area contributed by atoms with Crippen LogP contribution in [0.4, 0.5) is 0 Å². The van der Waals surface area contributed by atoms with E-state index in [-0.39, 0.29) is 23.9 Å². The smallest absolute Gasteiger partial charge is 0.255 e. The molecule has 33 heavy (non-hydrogen) atoms. The van der Waals surface area contributed by atoms with Gasteiger partial charge in [-0.15, -0.1) is 12.4 Å². The zero-order valence-corrected chi connectivity index (χ0v) is 20.7. The van der Waals surface area contributed by atoms with E-state index in [1.54, 1.807) is 6.07 Å². The minimum absolute atomic E-state index is 0. The Labute approximate surface area is 202 Å². The zero-order valence-electron chi connectivity index (χ0n) is 19.9. The minimum Gasteiger partial charge on any atom is -0.492 e. The quantitative estimate of drug-likeness (QED) is 0.505. The van der Waals surface area contributed by atoms with Crippen molar-refractivity contribution in [2.24, 2.45) is 5.73 Å². The third kappa shape index (κ3) is 5.84. The predicted octanol–water partition coefficient (Wildman–Crippen LogP) is 4.88. The Hall–Kier alpha value is -2.64. The highest BCUT2D eigenvalue weighted by molar-refractivity contribution is 5.99. The van der Waals surface area contributed by atoms with E-state index in [0.29, 0.717) is 40.9 Å². The van der Waals surface area contributed by atoms with Crippen molar-refractivity contribution in [3.63, 3.8) is 0 Å². The van der Waals surface area contributed by atoms with Gasteiger partial charge in [0.05, 0.1) is 26.9 Å². The van der Waals surface area contributed by atoms with Crippen LogP contribution in [0.2, 0.25) is 0 Å². The van der Waals surface area contributed by atoms with Crippen LogP contribution in [0.5, 0.6) is 28.7 Å². The van der Waals surface area contributed by atoms with E-state index in [1.807, 2.05) is 24.3 Å². The molecule has 182 valence electrons. The standard InChI is InChI=1S/C25H34N2O5.ClH/c1-5-25(13-6-7-14-25)27-24(28)19-16-20(22(30-3)23(31-4)21(19)29-2)32-18-10-8-17(9-11-18)12-15-26;/h8-11,16H,5-7,12-15,26H2,1-4H3,(H,27,28);1H. The van der Waals surface area contributed by atoms with Gasteiger partial charge < -0.3 is 30.0 Å². The number of hydrogen-bond acceptors (Lipinski definition) is 6. The van der Waals surface area contributed by atoms with Gasteiger partial charge in [-0.2, -0.15) is 0 Å². The van der Waals surface area contributed by atoms with Crippen LogP contribution < -0.4 is 30.0 Å². The fraction of sp³-hybridized carbons (Fsp3) is 0.480. The largest absolute Gasteiger partial charge is 0.492 e. The highest BCUT2D eigenvalue weighted by Crippen LogP contribution is 2.48. The van der Waals surface area contributed by atoms with Crippen molar-refractivity contribution in [1.29, 1.82) is 0 Å². The first-order chi connectivity index (χ1) is 15.5. The molecule has 2 aromatic rings. The average Bonchev–Trinajstić information content (AvgIpc) is 3.28. The molecule has 3 N–H and O–H groups in total. The first-order valence-corrected chi connectivity index (χ1v) is 11.1. The molecule has 7 nitrogen and oxygen atoms in total. The van der Waals surface area contributed by atoms with Crippen LogP contribution in [0, 0.1) is 0 Å². The van der Waals surface area contributed by atoms with E-state index in [1.165, 1.54) is 21.3 Å². The molecule has 1 amide bonds. The Morgan fingerprint density at radius 2 is 1.61 bits per heavy atom. The first kappa shape index (κ1) is 26.6. The molecule has 0 aliphatic heterocycles. The second-order valence-electron chi connectivity index (χ2n) is 8.10. The van der Waals surface area contributed by atoms with Gasteiger partial charge in [-0.05, 0) is 49.9 Å². The second kappa shape index (κ2) is 12.0. The van der Waals surface area contributed by atoms with Gasteiger partial charge >= 0.3 is 0 Å². The predicted molar refractivity (Wildman–Crippen MR) is 132 cm³/mol. The van der Waals surface area contributed by atoms with E-state index in [0.717, 1.165) is 44.1 Å². The molecule has 8 heteroatoms. The maximum absolute atomic E-state index is 13.4. The van der Waals surface area contributed by atoms with Crippen molar-refractivity contribution >= 4 is 18.3 Å². The van der Waals surface area contributed by atoms with E-state index < -0.39 is 0 Å². The molecule has 0 bridgehead atoms. The Balaban J connectivity index is 0.00000385. The molecule has 0 aromatic heterocycles. The van der Waals surface area contributed by atoms with E-state index >= 15 is 0 Å². The molecule has 1 aliphatic rings. The highest BCUT2D eigenvalue weighted by atomic mass is 35.5. The minimum atomic E-state index is -0.213. The van der Waals surface area contributed by atoms with Gasteiger partial charge in [0.25, 0.3) is 5.91 Å². The van der Waals surface area contributed by atoms with Crippen molar-refractivity contribution in [1.82, 2.24) is 5.32 Å². The Morgan fingerprint density at radius 3 is 2.12 bits per heavy atom. The summed E-state index contributed by atoms with van der Waals surface area (Å²) >= 11 is 0. The molecular weight excluding hydrogens is 444 g/mol. The van der Waals surface area contributed by atoms with Crippen LogP contribution in [0.3, 0.4) is 0 Å². The summed E-state index contributed by atoms with van der Waals surface area (Å²) in [6.07, 6.45) is 5.86. The summed E-state index contributed by atoms with van der Waals surface area (Å²) in [4.78, 5) is 13.4. The van der Waals surface area contributed by atoms with E-state index in [4.69, 9.17) is 24.7 Å². The molecule has 0 atom stereocenters. The lowest BCUT2D eigenvalue weighted by Gasteiger charge is -2.29. The molecular formula is C25H35ClN2O5. The fourth-order valence-electron chi connectivity index (χ4n) is 4.37. The zero-order chi connectivity index (χ0) is 23.1. The number of nitrogens with one attached hydrogen (secondary N) is 1. The molecule has 0 heterocycles. The Kier molecular flexibility index (Phi) is 9.68. The Bertz CT molecular complexity index is 927. The molecule has 0 saturated heterocycles. The number of hydrogen-bond donors (Lipinski definition) is 2. The molecule has 1 aliphatic carbocycles. The summed E-state index contributed by atoms with van der Waals surface area (Å²) < 4.78 is 22.8. The summed E-state index contributed by atoms with van der Waals surface area (Å²) in [7, 11) is 4.55. The highest BCUT2D eigenvalue weighted by Gasteiger charge is 2.35. The summed E-state index contributed by atoms with van der Waals surface area (Å²) in [5.74, 6) is 1.76. The van der Waals surface area contributed by atoms with Crippen molar-refractivity contribution in [2.45, 2.75) is 51.0 Å². The topological polar surface area (TPSA) is 92.0 Å². The fourth-order valence-corrected chi connectivity index (χ4v) is 4.37. The van der Waals surface area contributed by atoms with Gasteiger partial charge in [0.2, 0.25) is 11.5 Å². The van der Waals surface area contributed by atoms with Gasteiger partial charge in [0, 0.05) is 11.6 Å². The maximum atomic E-state index is 13.4. The number of benzene rings is 2.